The number of phenolic OH excluding ortho intramolecular Hbond substituents is 2. The van der Waals surface area contributed by atoms with Crippen molar-refractivity contribution in [2.24, 2.45) is 9.98 Å². The van der Waals surface area contributed by atoms with Gasteiger partial charge in [-0.2, -0.15) is 0 Å². The standard InChI is InChI=1S/C20H12F4N2O2/c21-11-5-15(23)13(19(27)7-11)9-25-17-3-1-2-4-18(17)26-10-14-16(24)6-12(22)8-20(14)28/h1-10,27-28H. The van der Waals surface area contributed by atoms with Crippen LogP contribution in [0.25, 0.3) is 0 Å². The Morgan fingerprint density at radius 2 is 1.04 bits per heavy atom. The van der Waals surface area contributed by atoms with Crippen molar-refractivity contribution in [3.63, 3.8) is 0 Å². The number of hydrogen-bond acceptors (Lipinski definition) is 4. The van der Waals surface area contributed by atoms with E-state index in [0.29, 0.717) is 12.1 Å². The van der Waals surface area contributed by atoms with E-state index in [-0.39, 0.29) is 22.5 Å². The van der Waals surface area contributed by atoms with Gasteiger partial charge in [0.25, 0.3) is 0 Å². The first-order valence-corrected chi connectivity index (χ1v) is 7.88. The van der Waals surface area contributed by atoms with Gasteiger partial charge in [-0.15, -0.1) is 0 Å². The Morgan fingerprint density at radius 1 is 0.643 bits per heavy atom. The predicted octanol–water partition coefficient (Wildman–Crippen LogP) is 5.16. The molecular weight excluding hydrogens is 376 g/mol. The Labute approximate surface area is 156 Å². The van der Waals surface area contributed by atoms with E-state index in [1.54, 1.807) is 12.1 Å². The van der Waals surface area contributed by atoms with Gasteiger partial charge in [-0.05, 0) is 12.1 Å². The summed E-state index contributed by atoms with van der Waals surface area (Å²) in [5, 5.41) is 19.3. The lowest BCUT2D eigenvalue weighted by Crippen LogP contribution is -1.92. The average Bonchev–Trinajstić information content (AvgIpc) is 2.61. The number of nitrogens with zero attached hydrogens (tertiary/aromatic N) is 2. The highest BCUT2D eigenvalue weighted by atomic mass is 19.1. The van der Waals surface area contributed by atoms with Crippen molar-refractivity contribution in [3.8, 4) is 11.5 Å². The van der Waals surface area contributed by atoms with E-state index in [2.05, 4.69) is 9.98 Å². The summed E-state index contributed by atoms with van der Waals surface area (Å²) < 4.78 is 53.7. The SMILES string of the molecule is Oc1cc(F)cc(F)c1C=Nc1ccccc1N=Cc1c(O)cc(F)cc1F. The van der Waals surface area contributed by atoms with Crippen molar-refractivity contribution >= 4 is 23.8 Å². The normalized spacial score (nSPS) is 11.6. The molecule has 0 aromatic heterocycles. The molecule has 0 aliphatic heterocycles. The molecule has 28 heavy (non-hydrogen) atoms. The quantitative estimate of drug-likeness (QED) is 0.479. The van der Waals surface area contributed by atoms with Crippen molar-refractivity contribution in [2.75, 3.05) is 0 Å². The van der Waals surface area contributed by atoms with Crippen LogP contribution < -0.4 is 0 Å². The first kappa shape index (κ1) is 19.1. The van der Waals surface area contributed by atoms with Crippen molar-refractivity contribution in [3.05, 3.63) is 82.9 Å². The third-order valence-corrected chi connectivity index (χ3v) is 3.69. The molecule has 0 unspecified atom stereocenters. The summed E-state index contributed by atoms with van der Waals surface area (Å²) in [7, 11) is 0. The van der Waals surface area contributed by atoms with Crippen LogP contribution in [0.4, 0.5) is 28.9 Å². The molecule has 0 amide bonds. The monoisotopic (exact) mass is 388 g/mol. The van der Waals surface area contributed by atoms with Gasteiger partial charge >= 0.3 is 0 Å². The molecule has 142 valence electrons. The summed E-state index contributed by atoms with van der Waals surface area (Å²) in [5.74, 6) is -5.11. The molecule has 3 aromatic carbocycles. The third kappa shape index (κ3) is 4.17. The van der Waals surface area contributed by atoms with E-state index in [0.717, 1.165) is 24.6 Å². The summed E-state index contributed by atoms with van der Waals surface area (Å²) in [5.41, 5.74) is -0.183. The second kappa shape index (κ2) is 7.91. The molecule has 4 nitrogen and oxygen atoms in total. The minimum atomic E-state index is -1.000. The van der Waals surface area contributed by atoms with Crippen LogP contribution in [-0.2, 0) is 0 Å². The van der Waals surface area contributed by atoms with Gasteiger partial charge in [-0.3, -0.25) is 9.98 Å². The van der Waals surface area contributed by atoms with Crippen LogP contribution in [0.15, 0.2) is 58.5 Å². The van der Waals surface area contributed by atoms with E-state index < -0.39 is 34.8 Å². The topological polar surface area (TPSA) is 65.2 Å². The maximum Gasteiger partial charge on any atom is 0.138 e. The summed E-state index contributed by atoms with van der Waals surface area (Å²) in [6.07, 6.45) is 1.99. The number of rotatable bonds is 4. The molecule has 0 atom stereocenters. The van der Waals surface area contributed by atoms with Gasteiger partial charge in [-0.1, -0.05) is 12.1 Å². The minimum Gasteiger partial charge on any atom is -0.507 e. The Hall–Kier alpha value is -3.68. The highest BCUT2D eigenvalue weighted by Crippen LogP contribution is 2.29. The number of para-hydroxylation sites is 2. The van der Waals surface area contributed by atoms with Crippen molar-refractivity contribution in [1.29, 1.82) is 0 Å². The highest BCUT2D eigenvalue weighted by Gasteiger charge is 2.10. The van der Waals surface area contributed by atoms with Crippen LogP contribution >= 0.6 is 0 Å². The van der Waals surface area contributed by atoms with Gasteiger partial charge in [0.1, 0.15) is 34.8 Å². The van der Waals surface area contributed by atoms with Crippen LogP contribution in [0.1, 0.15) is 11.1 Å². The van der Waals surface area contributed by atoms with Crippen LogP contribution in [0.3, 0.4) is 0 Å². The molecule has 3 aromatic rings. The van der Waals surface area contributed by atoms with E-state index in [1.165, 1.54) is 12.1 Å². The number of phenols is 2. The van der Waals surface area contributed by atoms with Crippen LogP contribution in [0.2, 0.25) is 0 Å². The van der Waals surface area contributed by atoms with Crippen LogP contribution in [0, 0.1) is 23.3 Å². The van der Waals surface area contributed by atoms with E-state index >= 15 is 0 Å². The van der Waals surface area contributed by atoms with Gasteiger partial charge in [0.15, 0.2) is 0 Å². The Morgan fingerprint density at radius 3 is 1.39 bits per heavy atom. The van der Waals surface area contributed by atoms with Crippen molar-refractivity contribution in [2.45, 2.75) is 0 Å². The summed E-state index contributed by atoms with van der Waals surface area (Å²) >= 11 is 0. The molecule has 3 rings (SSSR count). The number of aromatic hydroxyl groups is 2. The fraction of sp³-hybridized carbons (Fsp3) is 0. The molecule has 0 saturated carbocycles. The molecule has 0 saturated heterocycles. The first-order chi connectivity index (χ1) is 13.3. The minimum absolute atomic E-state index is 0.226. The van der Waals surface area contributed by atoms with Crippen molar-refractivity contribution in [1.82, 2.24) is 0 Å². The van der Waals surface area contributed by atoms with Gasteiger partial charge < -0.3 is 10.2 Å². The lowest BCUT2D eigenvalue weighted by molar-refractivity contribution is 0.458. The summed E-state index contributed by atoms with van der Waals surface area (Å²) in [4.78, 5) is 8.04. The van der Waals surface area contributed by atoms with Gasteiger partial charge in [0.05, 0.1) is 22.5 Å². The zero-order valence-electron chi connectivity index (χ0n) is 14.1. The predicted molar refractivity (Wildman–Crippen MR) is 97.0 cm³/mol. The highest BCUT2D eigenvalue weighted by molar-refractivity contribution is 5.89. The van der Waals surface area contributed by atoms with Gasteiger partial charge in [-0.25, -0.2) is 17.6 Å². The van der Waals surface area contributed by atoms with Gasteiger partial charge in [0, 0.05) is 36.7 Å². The fourth-order valence-corrected chi connectivity index (χ4v) is 2.35. The lowest BCUT2D eigenvalue weighted by Gasteiger charge is -2.04. The second-order valence-corrected chi connectivity index (χ2v) is 5.65. The van der Waals surface area contributed by atoms with Crippen LogP contribution in [-0.4, -0.2) is 22.6 Å². The molecule has 0 fully saturated rings. The Bertz CT molecular complexity index is 965. The Balaban J connectivity index is 1.95. The van der Waals surface area contributed by atoms with Crippen LogP contribution in [0.5, 0.6) is 11.5 Å². The average molecular weight is 388 g/mol. The number of aliphatic imine (C=N–C) groups is 2. The maximum absolute atomic E-state index is 13.8. The molecule has 0 aliphatic rings. The second-order valence-electron chi connectivity index (χ2n) is 5.65. The summed E-state index contributed by atoms with van der Waals surface area (Å²) in [6.45, 7) is 0. The number of hydrogen-bond donors (Lipinski definition) is 2. The zero-order valence-corrected chi connectivity index (χ0v) is 14.1. The molecule has 0 radical (unpaired) electrons. The summed E-state index contributed by atoms with van der Waals surface area (Å²) in [6, 6.07) is 8.95. The Kier molecular flexibility index (Phi) is 5.39. The smallest absolute Gasteiger partial charge is 0.138 e. The third-order valence-electron chi connectivity index (χ3n) is 3.69. The molecule has 0 aliphatic carbocycles. The first-order valence-electron chi connectivity index (χ1n) is 7.88. The fourth-order valence-electron chi connectivity index (χ4n) is 2.35. The largest absolute Gasteiger partial charge is 0.507 e. The van der Waals surface area contributed by atoms with E-state index in [1.807, 2.05) is 0 Å². The zero-order chi connectivity index (χ0) is 20.3. The molecule has 0 bridgehead atoms. The van der Waals surface area contributed by atoms with Gasteiger partial charge in [0.2, 0.25) is 0 Å². The number of halogens is 4. The van der Waals surface area contributed by atoms with E-state index in [9.17, 15) is 27.8 Å². The molecule has 2 N–H and O–H groups in total. The molecular formula is C20H12F4N2O2. The lowest BCUT2D eigenvalue weighted by atomic mass is 10.2. The van der Waals surface area contributed by atoms with Crippen molar-refractivity contribution < 1.29 is 27.8 Å². The molecule has 8 heteroatoms. The number of benzene rings is 3. The molecule has 0 spiro atoms. The molecule has 0 heterocycles. The van der Waals surface area contributed by atoms with E-state index in [4.69, 9.17) is 0 Å². The maximum atomic E-state index is 13.8.